The predicted molar refractivity (Wildman–Crippen MR) is 85.2 cm³/mol. The number of benzene rings is 2. The van der Waals surface area contributed by atoms with Crippen LogP contribution in [0.4, 0.5) is 0 Å². The van der Waals surface area contributed by atoms with Crippen LogP contribution in [-0.4, -0.2) is 22.0 Å². The van der Waals surface area contributed by atoms with E-state index >= 15 is 0 Å². The van der Waals surface area contributed by atoms with Gasteiger partial charge in [0.15, 0.2) is 0 Å². The number of hydrogen-bond donors (Lipinski definition) is 2. The largest absolute Gasteiger partial charge is 0.507 e. The lowest BCUT2D eigenvalue weighted by molar-refractivity contribution is -0.146. The van der Waals surface area contributed by atoms with Gasteiger partial charge >= 0.3 is 5.97 Å². The van der Waals surface area contributed by atoms with E-state index in [0.717, 1.165) is 5.56 Å². The van der Waals surface area contributed by atoms with Crippen molar-refractivity contribution in [3.63, 3.8) is 0 Å². The molecule has 6 heteroatoms. The summed E-state index contributed by atoms with van der Waals surface area (Å²) in [7, 11) is 0. The molecule has 2 rings (SSSR count). The zero-order chi connectivity index (χ0) is 17.5. The lowest BCUT2D eigenvalue weighted by atomic mass is 10.1. The maximum absolute atomic E-state index is 11.1. The molecule has 0 heterocycles. The van der Waals surface area contributed by atoms with Crippen molar-refractivity contribution in [2.75, 3.05) is 0 Å². The van der Waals surface area contributed by atoms with Gasteiger partial charge in [0.1, 0.15) is 18.1 Å². The fraction of sp³-hybridized carbons (Fsp3) is 0.0556. The van der Waals surface area contributed by atoms with Crippen LogP contribution in [0.15, 0.2) is 54.6 Å². The average Bonchev–Trinajstić information content (AvgIpc) is 2.60. The maximum Gasteiger partial charge on any atom is 0.376 e. The molecular formula is C18H13NO5. The molecule has 0 saturated heterocycles. The topological polar surface area (TPSA) is 108 Å². The molecule has 0 fully saturated rings. The fourth-order valence-corrected chi connectivity index (χ4v) is 1.91. The Morgan fingerprint density at radius 1 is 1.12 bits per heavy atom. The normalized spacial score (nSPS) is 10.7. The van der Waals surface area contributed by atoms with Crippen LogP contribution in [0.25, 0.3) is 5.76 Å². The minimum Gasteiger partial charge on any atom is -0.507 e. The monoisotopic (exact) mass is 323 g/mol. The van der Waals surface area contributed by atoms with Gasteiger partial charge in [-0.15, -0.1) is 0 Å². The molecule has 0 aliphatic rings. The third-order valence-corrected chi connectivity index (χ3v) is 3.07. The van der Waals surface area contributed by atoms with Gasteiger partial charge in [-0.1, -0.05) is 24.3 Å². The average molecular weight is 323 g/mol. The second-order valence-electron chi connectivity index (χ2n) is 4.83. The molecular weight excluding hydrogens is 310 g/mol. The summed E-state index contributed by atoms with van der Waals surface area (Å²) in [6.45, 7) is 0.220. The van der Waals surface area contributed by atoms with E-state index in [4.69, 9.17) is 15.1 Å². The minimum absolute atomic E-state index is 0.220. The highest BCUT2D eigenvalue weighted by Crippen LogP contribution is 2.20. The van der Waals surface area contributed by atoms with E-state index in [2.05, 4.69) is 0 Å². The molecule has 0 radical (unpaired) electrons. The number of carbonyl (C=O) groups is 2. The van der Waals surface area contributed by atoms with Gasteiger partial charge in [0.05, 0.1) is 11.6 Å². The number of rotatable bonds is 6. The second-order valence-corrected chi connectivity index (χ2v) is 4.83. The Hall–Kier alpha value is -3.59. The van der Waals surface area contributed by atoms with Gasteiger partial charge in [0.2, 0.25) is 0 Å². The van der Waals surface area contributed by atoms with Gasteiger partial charge in [-0.05, 0) is 29.8 Å². The number of ether oxygens (including phenoxy) is 1. The second kappa shape index (κ2) is 7.61. The summed E-state index contributed by atoms with van der Waals surface area (Å²) in [5.41, 5.74) is 1.59. The summed E-state index contributed by atoms with van der Waals surface area (Å²) in [6, 6.07) is 15.3. The molecule has 2 aromatic rings. The Morgan fingerprint density at radius 2 is 1.88 bits per heavy atom. The van der Waals surface area contributed by atoms with E-state index in [-0.39, 0.29) is 12.2 Å². The van der Waals surface area contributed by atoms with E-state index < -0.39 is 17.5 Å². The van der Waals surface area contributed by atoms with Crippen LogP contribution in [0.2, 0.25) is 0 Å². The molecule has 0 aromatic heterocycles. The first-order valence-corrected chi connectivity index (χ1v) is 6.90. The van der Waals surface area contributed by atoms with Crippen molar-refractivity contribution in [1.29, 1.82) is 5.26 Å². The van der Waals surface area contributed by atoms with Crippen LogP contribution >= 0.6 is 0 Å². The Balaban J connectivity index is 2.11. The quantitative estimate of drug-likeness (QED) is 0.481. The number of hydrogen-bond acceptors (Lipinski definition) is 5. The molecule has 0 amide bonds. The first-order chi connectivity index (χ1) is 11.5. The van der Waals surface area contributed by atoms with Crippen molar-refractivity contribution in [3.05, 3.63) is 71.3 Å². The number of nitriles is 1. The molecule has 0 aliphatic heterocycles. The number of carbonyl (C=O) groups excluding carboxylic acids is 1. The van der Waals surface area contributed by atoms with Crippen molar-refractivity contribution < 1.29 is 24.5 Å². The van der Waals surface area contributed by atoms with Crippen LogP contribution in [-0.2, 0) is 16.2 Å². The van der Waals surface area contributed by atoms with Crippen molar-refractivity contribution in [2.24, 2.45) is 0 Å². The highest BCUT2D eigenvalue weighted by molar-refractivity contribution is 6.38. The molecule has 0 unspecified atom stereocenters. The molecule has 6 nitrogen and oxygen atoms in total. The van der Waals surface area contributed by atoms with Crippen LogP contribution < -0.4 is 4.74 Å². The molecule has 0 aliphatic carbocycles. The number of aliphatic carboxylic acids is 1. The lowest BCUT2D eigenvalue weighted by Gasteiger charge is -2.08. The van der Waals surface area contributed by atoms with Crippen LogP contribution in [0.3, 0.4) is 0 Å². The molecule has 0 atom stereocenters. The molecule has 0 spiro atoms. The van der Waals surface area contributed by atoms with Crippen molar-refractivity contribution in [3.8, 4) is 11.8 Å². The van der Waals surface area contributed by atoms with Crippen LogP contribution in [0.5, 0.6) is 5.75 Å². The highest BCUT2D eigenvalue weighted by atomic mass is 16.5. The fourth-order valence-electron chi connectivity index (χ4n) is 1.91. The van der Waals surface area contributed by atoms with Crippen LogP contribution in [0.1, 0.15) is 16.7 Å². The Kier molecular flexibility index (Phi) is 5.32. The Bertz CT molecular complexity index is 848. The minimum atomic E-state index is -1.65. The molecule has 0 bridgehead atoms. The first kappa shape index (κ1) is 16.8. The van der Waals surface area contributed by atoms with Gasteiger partial charge < -0.3 is 14.9 Å². The molecule has 120 valence electrons. The standard InChI is InChI=1S/C18H13NO5/c19-10-12-3-1-4-13(7-12)11-24-15-6-2-5-14(8-15)16(20)9-17(21)18(22)23/h1-9,20H,11H2,(H,22,23)/b16-9-. The molecule has 0 saturated carbocycles. The van der Waals surface area contributed by atoms with Gasteiger partial charge in [-0.2, -0.15) is 5.26 Å². The number of aliphatic hydroxyl groups excluding tert-OH is 1. The van der Waals surface area contributed by atoms with E-state index in [1.165, 1.54) is 12.1 Å². The van der Waals surface area contributed by atoms with Crippen molar-refractivity contribution >= 4 is 17.5 Å². The Labute approximate surface area is 137 Å². The van der Waals surface area contributed by atoms with E-state index in [9.17, 15) is 14.7 Å². The lowest BCUT2D eigenvalue weighted by Crippen LogP contribution is -2.09. The zero-order valence-electron chi connectivity index (χ0n) is 12.5. The highest BCUT2D eigenvalue weighted by Gasteiger charge is 2.11. The summed E-state index contributed by atoms with van der Waals surface area (Å²) in [5, 5.41) is 27.2. The molecule has 2 N–H and O–H groups in total. The van der Waals surface area contributed by atoms with E-state index in [0.29, 0.717) is 17.4 Å². The third kappa shape index (κ3) is 4.45. The van der Waals surface area contributed by atoms with E-state index in [1.807, 2.05) is 12.1 Å². The van der Waals surface area contributed by atoms with Gasteiger partial charge in [0.25, 0.3) is 5.78 Å². The third-order valence-electron chi connectivity index (χ3n) is 3.07. The van der Waals surface area contributed by atoms with Crippen molar-refractivity contribution in [1.82, 2.24) is 0 Å². The van der Waals surface area contributed by atoms with E-state index in [1.54, 1.807) is 30.3 Å². The first-order valence-electron chi connectivity index (χ1n) is 6.90. The molecule has 2 aromatic carbocycles. The summed E-state index contributed by atoms with van der Waals surface area (Å²) < 4.78 is 5.59. The van der Waals surface area contributed by atoms with Gasteiger partial charge in [0, 0.05) is 11.6 Å². The van der Waals surface area contributed by atoms with Crippen LogP contribution in [0, 0.1) is 11.3 Å². The number of aliphatic hydroxyl groups is 1. The maximum atomic E-state index is 11.1. The SMILES string of the molecule is N#Cc1cccc(COc2cccc(/C(O)=C/C(=O)C(=O)O)c2)c1. The van der Waals surface area contributed by atoms with Gasteiger partial charge in [-0.25, -0.2) is 4.79 Å². The zero-order valence-corrected chi connectivity index (χ0v) is 12.5. The summed E-state index contributed by atoms with van der Waals surface area (Å²) in [5.74, 6) is -2.89. The number of carboxylic acid groups (broad SMARTS) is 1. The summed E-state index contributed by atoms with van der Waals surface area (Å²) in [4.78, 5) is 21.6. The molecule has 24 heavy (non-hydrogen) atoms. The summed E-state index contributed by atoms with van der Waals surface area (Å²) in [6.07, 6.45) is 0.637. The number of ketones is 1. The summed E-state index contributed by atoms with van der Waals surface area (Å²) >= 11 is 0. The number of nitrogens with zero attached hydrogens (tertiary/aromatic N) is 1. The Morgan fingerprint density at radius 3 is 2.58 bits per heavy atom. The van der Waals surface area contributed by atoms with Crippen molar-refractivity contribution in [2.45, 2.75) is 6.61 Å². The van der Waals surface area contributed by atoms with Gasteiger partial charge in [-0.3, -0.25) is 4.79 Å². The smallest absolute Gasteiger partial charge is 0.376 e. The predicted octanol–water partition coefficient (Wildman–Crippen LogP) is 2.69. The number of carboxylic acids is 1.